The van der Waals surface area contributed by atoms with Crippen molar-refractivity contribution in [1.82, 2.24) is 14.7 Å². The van der Waals surface area contributed by atoms with Crippen LogP contribution in [0.25, 0.3) is 11.0 Å². The number of benzene rings is 2. The van der Waals surface area contributed by atoms with Crippen LogP contribution in [-0.4, -0.2) is 46.9 Å². The number of hydrogen-bond acceptors (Lipinski definition) is 5. The van der Waals surface area contributed by atoms with E-state index in [1.165, 1.54) is 12.1 Å². The van der Waals surface area contributed by atoms with E-state index < -0.39 is 0 Å². The number of nitrogens with zero attached hydrogens (tertiary/aromatic N) is 3. The van der Waals surface area contributed by atoms with Gasteiger partial charge in [0, 0.05) is 31.1 Å². The second-order valence-electron chi connectivity index (χ2n) is 8.00. The van der Waals surface area contributed by atoms with Crippen LogP contribution >= 0.6 is 0 Å². The van der Waals surface area contributed by atoms with Crippen molar-refractivity contribution in [2.45, 2.75) is 12.5 Å². The number of halogens is 1. The first-order valence-electron chi connectivity index (χ1n) is 10.9. The molecule has 0 bridgehead atoms. The van der Waals surface area contributed by atoms with E-state index in [1.807, 2.05) is 37.4 Å². The van der Waals surface area contributed by atoms with E-state index in [0.717, 1.165) is 16.8 Å². The van der Waals surface area contributed by atoms with Crippen molar-refractivity contribution in [1.29, 1.82) is 0 Å². The molecule has 2 aromatic carbocycles. The van der Waals surface area contributed by atoms with Crippen LogP contribution < -0.4 is 4.74 Å². The molecule has 4 aromatic rings. The second-order valence-corrected chi connectivity index (χ2v) is 8.00. The van der Waals surface area contributed by atoms with Crippen LogP contribution in [0.2, 0.25) is 0 Å². The highest BCUT2D eigenvalue weighted by Gasteiger charge is 2.29. The van der Waals surface area contributed by atoms with Gasteiger partial charge in [-0.25, -0.2) is 4.39 Å². The van der Waals surface area contributed by atoms with Crippen molar-refractivity contribution < 1.29 is 23.1 Å². The van der Waals surface area contributed by atoms with Crippen LogP contribution in [0.1, 0.15) is 28.0 Å². The van der Waals surface area contributed by atoms with Crippen molar-refractivity contribution >= 4 is 16.9 Å². The van der Waals surface area contributed by atoms with Gasteiger partial charge in [0.2, 0.25) is 0 Å². The van der Waals surface area contributed by atoms with Crippen LogP contribution in [0.5, 0.6) is 5.75 Å². The molecule has 0 N–H and O–H groups in total. The highest BCUT2D eigenvalue weighted by Crippen LogP contribution is 2.25. The summed E-state index contributed by atoms with van der Waals surface area (Å²) in [5, 5.41) is 5.50. The third kappa shape index (κ3) is 4.61. The Labute approximate surface area is 190 Å². The predicted octanol–water partition coefficient (Wildman–Crippen LogP) is 4.14. The predicted molar refractivity (Wildman–Crippen MR) is 120 cm³/mol. The Balaban J connectivity index is 1.23. The fourth-order valence-corrected chi connectivity index (χ4v) is 3.98. The molecule has 8 heteroatoms. The fourth-order valence-electron chi connectivity index (χ4n) is 3.98. The van der Waals surface area contributed by atoms with E-state index in [9.17, 15) is 9.18 Å². The molecule has 0 unspecified atom stereocenters. The Morgan fingerprint density at radius 2 is 2.00 bits per heavy atom. The average Bonchev–Trinajstić information content (AvgIpc) is 3.43. The summed E-state index contributed by atoms with van der Waals surface area (Å²) in [4.78, 5) is 14.8. The van der Waals surface area contributed by atoms with Gasteiger partial charge >= 0.3 is 0 Å². The largest absolute Gasteiger partial charge is 0.493 e. The van der Waals surface area contributed by atoms with Gasteiger partial charge in [-0.1, -0.05) is 18.2 Å². The van der Waals surface area contributed by atoms with E-state index in [4.69, 9.17) is 13.9 Å². The smallest absolute Gasteiger partial charge is 0.289 e. The van der Waals surface area contributed by atoms with Gasteiger partial charge in [0.15, 0.2) is 5.76 Å². The van der Waals surface area contributed by atoms with Gasteiger partial charge in [-0.05, 0) is 42.5 Å². The minimum atomic E-state index is -0.315. The van der Waals surface area contributed by atoms with Gasteiger partial charge in [0.25, 0.3) is 5.91 Å². The van der Waals surface area contributed by atoms with Crippen LogP contribution in [-0.2, 0) is 18.2 Å². The van der Waals surface area contributed by atoms with E-state index in [-0.39, 0.29) is 17.8 Å². The monoisotopic (exact) mass is 449 g/mol. The first-order chi connectivity index (χ1) is 16.1. The Morgan fingerprint density at radius 3 is 2.82 bits per heavy atom. The minimum Gasteiger partial charge on any atom is -0.493 e. The van der Waals surface area contributed by atoms with Crippen LogP contribution in [0.3, 0.4) is 0 Å². The zero-order valence-electron chi connectivity index (χ0n) is 18.2. The number of rotatable bonds is 6. The van der Waals surface area contributed by atoms with Crippen molar-refractivity contribution in [3.8, 4) is 5.75 Å². The highest BCUT2D eigenvalue weighted by atomic mass is 19.1. The molecule has 1 fully saturated rings. The molecule has 0 spiro atoms. The van der Waals surface area contributed by atoms with Crippen molar-refractivity contribution in [3.63, 3.8) is 0 Å². The van der Waals surface area contributed by atoms with E-state index >= 15 is 0 Å². The lowest BCUT2D eigenvalue weighted by Crippen LogP contribution is -2.42. The molecule has 0 radical (unpaired) electrons. The second kappa shape index (κ2) is 9.07. The minimum absolute atomic E-state index is 0.150. The van der Waals surface area contributed by atoms with Gasteiger partial charge < -0.3 is 18.8 Å². The van der Waals surface area contributed by atoms with Crippen molar-refractivity contribution in [3.05, 3.63) is 83.6 Å². The van der Waals surface area contributed by atoms with Crippen molar-refractivity contribution in [2.75, 3.05) is 26.3 Å². The molecule has 1 aliphatic heterocycles. The number of carbonyl (C=O) groups excluding carboxylic acids is 1. The summed E-state index contributed by atoms with van der Waals surface area (Å²) >= 11 is 0. The molecule has 2 aromatic heterocycles. The topological polar surface area (TPSA) is 69.7 Å². The van der Waals surface area contributed by atoms with Crippen LogP contribution in [0, 0.1) is 5.82 Å². The molecule has 170 valence electrons. The standard InChI is InChI=1S/C25H24FN3O4/c1-28-19(10-12-31-20-8-6-18(26)7-9-20)15-21(27-28)24-16-29(11-13-32-24)25(30)23-14-17-4-2-3-5-22(17)33-23/h2-9,14-15,24H,10-13,16H2,1H3/t24-/m0/s1. The Kier molecular flexibility index (Phi) is 5.83. The average molecular weight is 449 g/mol. The Hall–Kier alpha value is -3.65. The number of para-hydroxylation sites is 1. The molecule has 0 saturated carbocycles. The first-order valence-corrected chi connectivity index (χ1v) is 10.9. The summed E-state index contributed by atoms with van der Waals surface area (Å²) in [6.07, 6.45) is 0.319. The fraction of sp³-hybridized carbons (Fsp3) is 0.280. The SMILES string of the molecule is Cn1nc([C@@H]2CN(C(=O)c3cc4ccccc4o3)CCO2)cc1CCOc1ccc(F)cc1. The maximum Gasteiger partial charge on any atom is 0.289 e. The molecule has 1 atom stereocenters. The third-order valence-corrected chi connectivity index (χ3v) is 5.76. The summed E-state index contributed by atoms with van der Waals surface area (Å²) in [7, 11) is 1.87. The number of aromatic nitrogens is 2. The highest BCUT2D eigenvalue weighted by molar-refractivity contribution is 5.96. The molecule has 7 nitrogen and oxygen atoms in total. The lowest BCUT2D eigenvalue weighted by Gasteiger charge is -2.31. The number of fused-ring (bicyclic) bond motifs is 1. The van der Waals surface area contributed by atoms with Gasteiger partial charge in [0.05, 0.1) is 25.5 Å². The summed E-state index contributed by atoms with van der Waals surface area (Å²) in [5.41, 5.74) is 2.45. The third-order valence-electron chi connectivity index (χ3n) is 5.76. The van der Waals surface area contributed by atoms with Crippen LogP contribution in [0.15, 0.2) is 65.1 Å². The molecule has 1 aliphatic rings. The first kappa shape index (κ1) is 21.2. The molecular weight excluding hydrogens is 425 g/mol. The molecule has 1 saturated heterocycles. The Morgan fingerprint density at radius 1 is 1.18 bits per heavy atom. The summed E-state index contributed by atoms with van der Waals surface area (Å²) < 4.78 is 32.2. The summed E-state index contributed by atoms with van der Waals surface area (Å²) in [6, 6.07) is 17.3. The lowest BCUT2D eigenvalue weighted by atomic mass is 10.1. The number of hydrogen-bond donors (Lipinski definition) is 0. The van der Waals surface area contributed by atoms with Gasteiger partial charge in [-0.3, -0.25) is 9.48 Å². The van der Waals surface area contributed by atoms with Gasteiger partial charge in [-0.2, -0.15) is 5.10 Å². The zero-order chi connectivity index (χ0) is 22.8. The van der Waals surface area contributed by atoms with E-state index in [1.54, 1.807) is 27.8 Å². The van der Waals surface area contributed by atoms with E-state index in [2.05, 4.69) is 5.10 Å². The summed E-state index contributed by atoms with van der Waals surface area (Å²) in [5.74, 6) is 0.507. The van der Waals surface area contributed by atoms with Crippen LogP contribution in [0.4, 0.5) is 4.39 Å². The molecule has 3 heterocycles. The molecule has 33 heavy (non-hydrogen) atoms. The number of ether oxygens (including phenoxy) is 2. The number of amides is 1. The van der Waals surface area contributed by atoms with Gasteiger partial charge in [-0.15, -0.1) is 0 Å². The number of aryl methyl sites for hydroxylation is 1. The summed E-state index contributed by atoms with van der Waals surface area (Å²) in [6.45, 7) is 1.76. The van der Waals surface area contributed by atoms with E-state index in [0.29, 0.717) is 49.8 Å². The Bertz CT molecular complexity index is 1230. The lowest BCUT2D eigenvalue weighted by molar-refractivity contribution is -0.0257. The quantitative estimate of drug-likeness (QED) is 0.443. The molecular formula is C25H24FN3O4. The van der Waals surface area contributed by atoms with Crippen molar-refractivity contribution in [2.24, 2.45) is 7.05 Å². The molecule has 5 rings (SSSR count). The normalized spacial score (nSPS) is 16.3. The number of furan rings is 1. The number of carbonyl (C=O) groups is 1. The van der Waals surface area contributed by atoms with Gasteiger partial charge in [0.1, 0.15) is 23.3 Å². The zero-order valence-corrected chi connectivity index (χ0v) is 18.2. The molecule has 0 aliphatic carbocycles. The maximum absolute atomic E-state index is 13.0. The molecule has 1 amide bonds. The maximum atomic E-state index is 13.0. The number of morpholine rings is 1.